The van der Waals surface area contributed by atoms with Gasteiger partial charge in [0.25, 0.3) is 11.8 Å². The Balaban J connectivity index is 1.35. The molecule has 0 radical (unpaired) electrons. The fourth-order valence-electron chi connectivity index (χ4n) is 6.77. The van der Waals surface area contributed by atoms with E-state index in [2.05, 4.69) is 15.6 Å². The number of fused-ring (bicyclic) bond motifs is 1. The molecule has 4 atom stereocenters. The number of likely N-dealkylation sites (tertiary alicyclic amines) is 2. The van der Waals surface area contributed by atoms with Crippen molar-refractivity contribution in [1.29, 1.82) is 0 Å². The topological polar surface area (TPSA) is 133 Å². The molecule has 0 aliphatic carbocycles. The van der Waals surface area contributed by atoms with Crippen LogP contribution in [0, 0.1) is 17.8 Å². The molecule has 0 saturated carbocycles. The Hall–Kier alpha value is -4.51. The Morgan fingerprint density at radius 3 is 2.29 bits per heavy atom. The summed E-state index contributed by atoms with van der Waals surface area (Å²) in [4.78, 5) is 60.6. The third-order valence-electron chi connectivity index (χ3n) is 9.14. The fraction of sp³-hybridized carbons (Fsp3) is 0.444. The highest BCUT2D eigenvalue weighted by Crippen LogP contribution is 2.38. The number of rotatable bonds is 12. The second-order valence-electron chi connectivity index (χ2n) is 12.8. The summed E-state index contributed by atoms with van der Waals surface area (Å²) in [5.41, 5.74) is 1.99. The Kier molecular flexibility index (Phi) is 11.3. The molecule has 11 nitrogen and oxygen atoms in total. The maximum absolute atomic E-state index is 14.1. The van der Waals surface area contributed by atoms with Crippen molar-refractivity contribution in [3.63, 3.8) is 0 Å². The quantitative estimate of drug-likeness (QED) is 0.264. The molecule has 0 bridgehead atoms. The first kappa shape index (κ1) is 34.8. The van der Waals surface area contributed by atoms with Gasteiger partial charge in [0.15, 0.2) is 11.5 Å². The van der Waals surface area contributed by atoms with Crippen LogP contribution < -0.4 is 20.1 Å². The monoisotopic (exact) mass is 677 g/mol. The predicted molar refractivity (Wildman–Crippen MR) is 182 cm³/mol. The Labute approximate surface area is 286 Å². The molecule has 2 aliphatic rings. The van der Waals surface area contributed by atoms with E-state index >= 15 is 0 Å². The molecule has 4 amide bonds. The number of ether oxygens (including phenoxy) is 2. The summed E-state index contributed by atoms with van der Waals surface area (Å²) in [6.07, 6.45) is 3.40. The van der Waals surface area contributed by atoms with Crippen LogP contribution in [0.5, 0.6) is 11.5 Å². The maximum Gasteiger partial charge on any atom is 0.255 e. The lowest BCUT2D eigenvalue weighted by atomic mass is 9.79. The number of halogens is 1. The Bertz CT molecular complexity index is 1610. The van der Waals surface area contributed by atoms with Crippen LogP contribution in [0.2, 0.25) is 5.15 Å². The van der Waals surface area contributed by atoms with E-state index < -0.39 is 12.0 Å². The van der Waals surface area contributed by atoms with Crippen molar-refractivity contribution in [2.75, 3.05) is 40.3 Å². The summed E-state index contributed by atoms with van der Waals surface area (Å²) in [6, 6.07) is 15.9. The number of aryl methyl sites for hydroxylation is 1. The number of amides is 4. The van der Waals surface area contributed by atoms with Gasteiger partial charge in [0.2, 0.25) is 11.8 Å². The molecule has 3 heterocycles. The SMILES string of the molecule is CNC(=O)[C@H](CCCc1ccccc1)NC(=O)C1CN(C(=O)c2c[nH]c(Cl)c2)CC2CN(C(=O)c3ccc(OC(C)C)c(OC)c3)CC21. The number of benzene rings is 2. The van der Waals surface area contributed by atoms with Crippen LogP contribution in [-0.4, -0.2) is 90.9 Å². The van der Waals surface area contributed by atoms with Crippen LogP contribution in [0.1, 0.15) is 53.0 Å². The van der Waals surface area contributed by atoms with Gasteiger partial charge in [-0.2, -0.15) is 0 Å². The lowest BCUT2D eigenvalue weighted by Gasteiger charge is -2.39. The third kappa shape index (κ3) is 8.13. The smallest absolute Gasteiger partial charge is 0.255 e. The second-order valence-corrected chi connectivity index (χ2v) is 13.2. The highest BCUT2D eigenvalue weighted by Gasteiger charge is 2.48. The standard InChI is InChI=1S/C36H44ClN5O6/c1-22(2)48-30-14-13-24(15-31(30)47-4)35(45)41-18-26-19-42(36(46)25-16-32(37)39-17-25)21-28(27(26)20-41)33(43)40-29(34(44)38-3)12-8-11-23-9-6-5-7-10-23/h5-7,9-10,13-17,22,26-29,39H,8,11-12,18-21H2,1-4H3,(H,38,44)(H,40,43)/t26?,27?,28?,29-/m0/s1. The zero-order valence-electron chi connectivity index (χ0n) is 27.8. The fourth-order valence-corrected chi connectivity index (χ4v) is 6.94. The molecule has 3 unspecified atom stereocenters. The van der Waals surface area contributed by atoms with Gasteiger partial charge in [-0.25, -0.2) is 0 Å². The van der Waals surface area contributed by atoms with Crippen molar-refractivity contribution in [3.05, 3.63) is 82.6 Å². The van der Waals surface area contributed by atoms with Gasteiger partial charge in [0, 0.05) is 45.0 Å². The Morgan fingerprint density at radius 2 is 1.65 bits per heavy atom. The van der Waals surface area contributed by atoms with Gasteiger partial charge in [-0.1, -0.05) is 41.9 Å². The van der Waals surface area contributed by atoms with Gasteiger partial charge in [-0.05, 0) is 74.8 Å². The molecule has 2 aromatic carbocycles. The zero-order valence-corrected chi connectivity index (χ0v) is 28.6. The van der Waals surface area contributed by atoms with Crippen LogP contribution >= 0.6 is 11.6 Å². The van der Waals surface area contributed by atoms with Gasteiger partial charge < -0.3 is 34.9 Å². The minimum Gasteiger partial charge on any atom is -0.493 e. The first-order valence-corrected chi connectivity index (χ1v) is 16.8. The summed E-state index contributed by atoms with van der Waals surface area (Å²) < 4.78 is 11.3. The van der Waals surface area contributed by atoms with E-state index in [9.17, 15) is 19.2 Å². The van der Waals surface area contributed by atoms with Gasteiger partial charge in [0.1, 0.15) is 11.2 Å². The number of aromatic nitrogens is 1. The Morgan fingerprint density at radius 1 is 0.938 bits per heavy atom. The number of hydrogen-bond donors (Lipinski definition) is 3. The molecule has 12 heteroatoms. The van der Waals surface area contributed by atoms with Crippen molar-refractivity contribution in [2.45, 2.75) is 45.3 Å². The molecule has 2 saturated heterocycles. The minimum atomic E-state index is -0.739. The van der Waals surface area contributed by atoms with Crippen LogP contribution in [0.4, 0.5) is 0 Å². The summed E-state index contributed by atoms with van der Waals surface area (Å²) in [5.74, 6) is -1.05. The van der Waals surface area contributed by atoms with Crippen molar-refractivity contribution < 1.29 is 28.7 Å². The molecule has 1 aromatic heterocycles. The summed E-state index contributed by atoms with van der Waals surface area (Å²) in [6.45, 7) is 5.06. The number of hydrogen-bond acceptors (Lipinski definition) is 6. The summed E-state index contributed by atoms with van der Waals surface area (Å²) >= 11 is 6.07. The zero-order chi connectivity index (χ0) is 34.4. The summed E-state index contributed by atoms with van der Waals surface area (Å²) in [5, 5.41) is 6.02. The second kappa shape index (κ2) is 15.6. The molecular formula is C36H44ClN5O6. The van der Waals surface area contributed by atoms with Crippen molar-refractivity contribution in [2.24, 2.45) is 17.8 Å². The minimum absolute atomic E-state index is 0.0648. The molecule has 2 fully saturated rings. The number of carbonyl (C=O) groups excluding carboxylic acids is 4. The van der Waals surface area contributed by atoms with Crippen LogP contribution in [0.15, 0.2) is 60.8 Å². The summed E-state index contributed by atoms with van der Waals surface area (Å²) in [7, 11) is 3.08. The van der Waals surface area contributed by atoms with E-state index in [-0.39, 0.29) is 48.1 Å². The average Bonchev–Trinajstić information content (AvgIpc) is 3.73. The maximum atomic E-state index is 14.1. The molecule has 3 aromatic rings. The molecule has 256 valence electrons. The van der Waals surface area contributed by atoms with E-state index in [1.54, 1.807) is 47.3 Å². The molecule has 5 rings (SSSR count). The first-order chi connectivity index (χ1) is 23.1. The molecule has 3 N–H and O–H groups in total. The van der Waals surface area contributed by atoms with E-state index in [0.29, 0.717) is 60.3 Å². The van der Waals surface area contributed by atoms with Crippen LogP contribution in [0.3, 0.4) is 0 Å². The van der Waals surface area contributed by atoms with E-state index in [4.69, 9.17) is 21.1 Å². The van der Waals surface area contributed by atoms with Crippen LogP contribution in [0.25, 0.3) is 0 Å². The van der Waals surface area contributed by atoms with E-state index in [1.807, 2.05) is 44.2 Å². The van der Waals surface area contributed by atoms with Crippen molar-refractivity contribution >= 4 is 35.2 Å². The molecule has 0 spiro atoms. The number of nitrogens with zero attached hydrogens (tertiary/aromatic N) is 2. The first-order valence-electron chi connectivity index (χ1n) is 16.4. The number of nitrogens with one attached hydrogen (secondary N) is 3. The largest absolute Gasteiger partial charge is 0.493 e. The van der Waals surface area contributed by atoms with Gasteiger partial charge >= 0.3 is 0 Å². The third-order valence-corrected chi connectivity index (χ3v) is 9.36. The average molecular weight is 678 g/mol. The normalized spacial score (nSPS) is 19.4. The van der Waals surface area contributed by atoms with Crippen molar-refractivity contribution in [3.8, 4) is 11.5 Å². The van der Waals surface area contributed by atoms with E-state index in [0.717, 1.165) is 12.0 Å². The number of aromatic amines is 1. The lowest BCUT2D eigenvalue weighted by molar-refractivity contribution is -0.133. The van der Waals surface area contributed by atoms with Gasteiger partial charge in [0.05, 0.1) is 24.7 Å². The van der Waals surface area contributed by atoms with Crippen molar-refractivity contribution in [1.82, 2.24) is 25.4 Å². The predicted octanol–water partition coefficient (Wildman–Crippen LogP) is 4.18. The molecule has 2 aliphatic heterocycles. The number of likely N-dealkylation sites (N-methyl/N-ethyl adjacent to an activating group) is 1. The number of carbonyl (C=O) groups is 4. The van der Waals surface area contributed by atoms with E-state index in [1.165, 1.54) is 7.11 Å². The number of methoxy groups -OCH3 is 1. The molecule has 48 heavy (non-hydrogen) atoms. The highest BCUT2D eigenvalue weighted by molar-refractivity contribution is 6.29. The molecular weight excluding hydrogens is 634 g/mol. The lowest BCUT2D eigenvalue weighted by Crippen LogP contribution is -2.56. The number of piperidine rings is 1. The van der Waals surface area contributed by atoms with Crippen LogP contribution in [-0.2, 0) is 16.0 Å². The number of H-pyrrole nitrogens is 1. The van der Waals surface area contributed by atoms with Gasteiger partial charge in [-0.3, -0.25) is 19.2 Å². The van der Waals surface area contributed by atoms with Gasteiger partial charge in [-0.15, -0.1) is 0 Å². The highest BCUT2D eigenvalue weighted by atomic mass is 35.5.